The summed E-state index contributed by atoms with van der Waals surface area (Å²) < 4.78 is 0. The molecule has 0 bridgehead atoms. The van der Waals surface area contributed by atoms with Crippen molar-refractivity contribution in [2.75, 3.05) is 25.0 Å². The third-order valence-corrected chi connectivity index (χ3v) is 2.64. The predicted molar refractivity (Wildman–Crippen MR) is 71.8 cm³/mol. The Morgan fingerprint density at radius 1 is 1.61 bits per heavy atom. The lowest BCUT2D eigenvalue weighted by molar-refractivity contribution is 0.0951. The first-order chi connectivity index (χ1) is 8.54. The van der Waals surface area contributed by atoms with Crippen LogP contribution in [0.2, 0.25) is 0 Å². The highest BCUT2D eigenvalue weighted by atomic mass is 16.3. The molecule has 1 aromatic rings. The van der Waals surface area contributed by atoms with Crippen LogP contribution in [0.3, 0.4) is 0 Å². The lowest BCUT2D eigenvalue weighted by atomic mass is 10.2. The lowest BCUT2D eigenvalue weighted by Gasteiger charge is -2.20. The van der Waals surface area contributed by atoms with Crippen LogP contribution in [0.15, 0.2) is 18.3 Å². The Morgan fingerprint density at radius 3 is 2.94 bits per heavy atom. The van der Waals surface area contributed by atoms with Crippen molar-refractivity contribution >= 4 is 11.6 Å². The van der Waals surface area contributed by atoms with Crippen molar-refractivity contribution in [3.63, 3.8) is 0 Å². The van der Waals surface area contributed by atoms with E-state index in [0.717, 1.165) is 12.2 Å². The van der Waals surface area contributed by atoms with Gasteiger partial charge >= 0.3 is 0 Å². The van der Waals surface area contributed by atoms with Gasteiger partial charge in [0, 0.05) is 32.0 Å². The molecule has 0 aliphatic heterocycles. The van der Waals surface area contributed by atoms with Gasteiger partial charge in [0.05, 0.1) is 6.10 Å². The summed E-state index contributed by atoms with van der Waals surface area (Å²) in [5, 5.41) is 12.0. The van der Waals surface area contributed by atoms with Crippen molar-refractivity contribution in [1.82, 2.24) is 10.3 Å². The molecule has 1 heterocycles. The minimum absolute atomic E-state index is 0.164. The molecule has 0 saturated heterocycles. The molecule has 100 valence electrons. The number of rotatable bonds is 6. The largest absolute Gasteiger partial charge is 0.393 e. The predicted octanol–water partition coefficient (Wildman–Crippen LogP) is 1.04. The second-order valence-corrected chi connectivity index (χ2v) is 4.32. The molecule has 0 aliphatic carbocycles. The van der Waals surface area contributed by atoms with E-state index in [2.05, 4.69) is 10.3 Å². The molecule has 0 radical (unpaired) electrons. The number of aliphatic hydroxyl groups excluding tert-OH is 1. The summed E-state index contributed by atoms with van der Waals surface area (Å²) in [6.45, 7) is 4.95. The van der Waals surface area contributed by atoms with E-state index >= 15 is 0 Å². The maximum atomic E-state index is 11.7. The number of nitrogens with one attached hydrogen (secondary N) is 1. The summed E-state index contributed by atoms with van der Waals surface area (Å²) in [5.74, 6) is -0.164. The first-order valence-corrected chi connectivity index (χ1v) is 6.18. The van der Waals surface area contributed by atoms with Crippen molar-refractivity contribution < 1.29 is 9.90 Å². The minimum atomic E-state index is -0.322. The topological polar surface area (TPSA) is 65.5 Å². The number of amides is 1. The van der Waals surface area contributed by atoms with Crippen LogP contribution in [0.1, 0.15) is 30.8 Å². The maximum Gasteiger partial charge on any atom is 0.269 e. The van der Waals surface area contributed by atoms with Gasteiger partial charge in [0.2, 0.25) is 0 Å². The number of carbonyl (C=O) groups excluding carboxylic acids is 1. The van der Waals surface area contributed by atoms with Gasteiger partial charge in [0.15, 0.2) is 0 Å². The highest BCUT2D eigenvalue weighted by Gasteiger charge is 2.09. The molecule has 18 heavy (non-hydrogen) atoms. The number of hydrogen-bond acceptors (Lipinski definition) is 4. The number of aromatic nitrogens is 1. The van der Waals surface area contributed by atoms with E-state index in [-0.39, 0.29) is 12.0 Å². The molecule has 1 atom stereocenters. The SMILES string of the molecule is CCNC(=O)c1cc(N(C)CCC(C)O)ccn1. The number of hydrogen-bond donors (Lipinski definition) is 2. The fourth-order valence-electron chi connectivity index (χ4n) is 1.54. The summed E-state index contributed by atoms with van der Waals surface area (Å²) in [7, 11) is 1.93. The standard InChI is InChI=1S/C13H21N3O2/c1-4-14-13(18)12-9-11(5-7-15-12)16(3)8-6-10(2)17/h5,7,9-10,17H,4,6,8H2,1-3H3,(H,14,18). The average molecular weight is 251 g/mol. The van der Waals surface area contributed by atoms with E-state index in [1.165, 1.54) is 0 Å². The smallest absolute Gasteiger partial charge is 0.269 e. The zero-order chi connectivity index (χ0) is 13.5. The van der Waals surface area contributed by atoms with Gasteiger partial charge < -0.3 is 15.3 Å². The average Bonchev–Trinajstić information content (AvgIpc) is 2.36. The lowest BCUT2D eigenvalue weighted by Crippen LogP contribution is -2.25. The van der Waals surface area contributed by atoms with Crippen LogP contribution >= 0.6 is 0 Å². The zero-order valence-electron chi connectivity index (χ0n) is 11.2. The van der Waals surface area contributed by atoms with Crippen LogP contribution in [0.4, 0.5) is 5.69 Å². The number of pyridine rings is 1. The number of aliphatic hydroxyl groups is 1. The van der Waals surface area contributed by atoms with Gasteiger partial charge in [0.1, 0.15) is 5.69 Å². The first-order valence-electron chi connectivity index (χ1n) is 6.18. The Bertz CT molecular complexity index is 394. The molecule has 0 aromatic carbocycles. The van der Waals surface area contributed by atoms with Crippen LogP contribution in [-0.4, -0.2) is 42.2 Å². The van der Waals surface area contributed by atoms with Gasteiger partial charge in [-0.1, -0.05) is 0 Å². The van der Waals surface area contributed by atoms with Crippen LogP contribution in [-0.2, 0) is 0 Å². The second-order valence-electron chi connectivity index (χ2n) is 4.32. The summed E-state index contributed by atoms with van der Waals surface area (Å²) >= 11 is 0. The Labute approximate surface area is 108 Å². The first kappa shape index (κ1) is 14.4. The minimum Gasteiger partial charge on any atom is -0.393 e. The van der Waals surface area contributed by atoms with Gasteiger partial charge in [0.25, 0.3) is 5.91 Å². The van der Waals surface area contributed by atoms with E-state index in [1.807, 2.05) is 24.9 Å². The van der Waals surface area contributed by atoms with Gasteiger partial charge in [-0.15, -0.1) is 0 Å². The third kappa shape index (κ3) is 4.33. The van der Waals surface area contributed by atoms with Gasteiger partial charge in [-0.2, -0.15) is 0 Å². The summed E-state index contributed by atoms with van der Waals surface area (Å²) in [4.78, 5) is 17.7. The Hall–Kier alpha value is -1.62. The van der Waals surface area contributed by atoms with Crippen LogP contribution in [0, 0.1) is 0 Å². The van der Waals surface area contributed by atoms with Crippen molar-refractivity contribution in [3.8, 4) is 0 Å². The molecule has 0 saturated carbocycles. The van der Waals surface area contributed by atoms with E-state index in [9.17, 15) is 9.90 Å². The van der Waals surface area contributed by atoms with Crippen LogP contribution < -0.4 is 10.2 Å². The number of anilines is 1. The molecule has 1 amide bonds. The number of carbonyl (C=O) groups is 1. The Morgan fingerprint density at radius 2 is 2.33 bits per heavy atom. The van der Waals surface area contributed by atoms with E-state index in [4.69, 9.17) is 0 Å². The van der Waals surface area contributed by atoms with Gasteiger partial charge in [-0.3, -0.25) is 9.78 Å². The Balaban J connectivity index is 2.72. The fraction of sp³-hybridized carbons (Fsp3) is 0.538. The Kier molecular flexibility index (Phi) is 5.58. The molecule has 5 nitrogen and oxygen atoms in total. The molecule has 0 spiro atoms. The highest BCUT2D eigenvalue weighted by Crippen LogP contribution is 2.13. The van der Waals surface area contributed by atoms with Gasteiger partial charge in [-0.25, -0.2) is 0 Å². The third-order valence-electron chi connectivity index (χ3n) is 2.64. The molecule has 0 fully saturated rings. The summed E-state index contributed by atoms with van der Waals surface area (Å²) in [6.07, 6.45) is 1.99. The van der Waals surface area contributed by atoms with Crippen molar-refractivity contribution in [3.05, 3.63) is 24.0 Å². The molecule has 2 N–H and O–H groups in total. The van der Waals surface area contributed by atoms with E-state index in [0.29, 0.717) is 18.7 Å². The van der Waals surface area contributed by atoms with E-state index < -0.39 is 0 Å². The molecular weight excluding hydrogens is 230 g/mol. The van der Waals surface area contributed by atoms with E-state index in [1.54, 1.807) is 19.2 Å². The zero-order valence-corrected chi connectivity index (χ0v) is 11.2. The quantitative estimate of drug-likeness (QED) is 0.793. The normalized spacial score (nSPS) is 12.0. The molecular formula is C13H21N3O2. The molecule has 0 aliphatic rings. The van der Waals surface area contributed by atoms with Crippen molar-refractivity contribution in [2.24, 2.45) is 0 Å². The van der Waals surface area contributed by atoms with Crippen LogP contribution in [0.25, 0.3) is 0 Å². The fourth-order valence-corrected chi connectivity index (χ4v) is 1.54. The van der Waals surface area contributed by atoms with Crippen LogP contribution in [0.5, 0.6) is 0 Å². The van der Waals surface area contributed by atoms with Crippen molar-refractivity contribution in [2.45, 2.75) is 26.4 Å². The number of nitrogens with zero attached hydrogens (tertiary/aromatic N) is 2. The summed E-state index contributed by atoms with van der Waals surface area (Å²) in [5.41, 5.74) is 1.34. The second kappa shape index (κ2) is 6.96. The molecule has 1 aromatic heterocycles. The highest BCUT2D eigenvalue weighted by molar-refractivity contribution is 5.93. The summed E-state index contributed by atoms with van der Waals surface area (Å²) in [6, 6.07) is 3.61. The van der Waals surface area contributed by atoms with Gasteiger partial charge in [-0.05, 0) is 32.4 Å². The van der Waals surface area contributed by atoms with Crippen molar-refractivity contribution in [1.29, 1.82) is 0 Å². The molecule has 5 heteroatoms. The maximum absolute atomic E-state index is 11.7. The molecule has 1 rings (SSSR count). The molecule has 1 unspecified atom stereocenters. The monoisotopic (exact) mass is 251 g/mol.